The molecule has 1 aliphatic carbocycles. The fourth-order valence-electron chi connectivity index (χ4n) is 3.92. The van der Waals surface area contributed by atoms with Gasteiger partial charge >= 0.3 is 0 Å². The van der Waals surface area contributed by atoms with Crippen LogP contribution in [0.25, 0.3) is 0 Å². The second-order valence-corrected chi connectivity index (χ2v) is 7.93. The van der Waals surface area contributed by atoms with Gasteiger partial charge in [0.15, 0.2) is 6.29 Å². The van der Waals surface area contributed by atoms with Crippen molar-refractivity contribution >= 4 is 0 Å². The third kappa shape index (κ3) is 5.92. The largest absolute Gasteiger partial charge is 0.348 e. The summed E-state index contributed by atoms with van der Waals surface area (Å²) in [7, 11) is 0. The maximum atomic E-state index is 13.1. The molecule has 1 atom stereocenters. The average molecular weight is 361 g/mol. The minimum Gasteiger partial charge on any atom is -0.348 e. The molecule has 0 saturated carbocycles. The third-order valence-corrected chi connectivity index (χ3v) is 5.74. The van der Waals surface area contributed by atoms with Crippen molar-refractivity contribution in [1.29, 1.82) is 0 Å². The first kappa shape index (κ1) is 19.6. The summed E-state index contributed by atoms with van der Waals surface area (Å²) >= 11 is 0. The van der Waals surface area contributed by atoms with Crippen molar-refractivity contribution < 1.29 is 13.9 Å². The van der Waals surface area contributed by atoms with E-state index in [0.29, 0.717) is 18.3 Å². The summed E-state index contributed by atoms with van der Waals surface area (Å²) in [5.41, 5.74) is 2.46. The molecule has 1 aromatic rings. The summed E-state index contributed by atoms with van der Waals surface area (Å²) in [5, 5.41) is 0. The maximum absolute atomic E-state index is 13.1. The van der Waals surface area contributed by atoms with E-state index in [-0.39, 0.29) is 12.1 Å². The number of allylic oxidation sites excluding steroid dienone is 2. The van der Waals surface area contributed by atoms with Crippen molar-refractivity contribution in [2.24, 2.45) is 11.8 Å². The molecule has 1 heterocycles. The van der Waals surface area contributed by atoms with Crippen LogP contribution < -0.4 is 0 Å². The van der Waals surface area contributed by atoms with Crippen molar-refractivity contribution in [2.45, 2.75) is 71.0 Å². The van der Waals surface area contributed by atoms with Gasteiger partial charge < -0.3 is 9.47 Å². The van der Waals surface area contributed by atoms with Gasteiger partial charge in [-0.05, 0) is 50.0 Å². The van der Waals surface area contributed by atoms with Gasteiger partial charge in [0.1, 0.15) is 0 Å². The lowest BCUT2D eigenvalue weighted by molar-refractivity contribution is -0.206. The first-order chi connectivity index (χ1) is 12.7. The maximum Gasteiger partial charge on any atom is 0.183 e. The number of aryl methyl sites for hydroxylation is 1. The van der Waals surface area contributed by atoms with Crippen LogP contribution in [0.2, 0.25) is 0 Å². The molecule has 1 aromatic carbocycles. The molecule has 0 spiro atoms. The minimum atomic E-state index is -0.210. The van der Waals surface area contributed by atoms with Crippen LogP contribution >= 0.6 is 0 Å². The standard InChI is InChI=1S/C23H33FO2/c1-2-3-4-5-20-16-25-23(26-17-20)21-12-8-18(9-13-21)6-7-19-10-14-22(24)15-11-19/h8-9,12-14,19-20,23H,2-7,10-11,15-17H2,1H3/t19?,20-,23-. The zero-order valence-electron chi connectivity index (χ0n) is 16.1. The Morgan fingerprint density at radius 3 is 2.42 bits per heavy atom. The SMILES string of the molecule is CCCCC[C@H]1CO[C@H](c2ccc(CCC3CC=C(F)CC3)cc2)OC1. The van der Waals surface area contributed by atoms with E-state index >= 15 is 0 Å². The Bertz CT molecular complexity index is 558. The molecular formula is C23H33FO2. The zero-order chi connectivity index (χ0) is 18.2. The smallest absolute Gasteiger partial charge is 0.183 e. The lowest BCUT2D eigenvalue weighted by Crippen LogP contribution is -2.27. The van der Waals surface area contributed by atoms with Crippen LogP contribution in [-0.4, -0.2) is 13.2 Å². The Balaban J connectivity index is 1.40. The molecule has 0 aromatic heterocycles. The first-order valence-electron chi connectivity index (χ1n) is 10.4. The van der Waals surface area contributed by atoms with E-state index in [9.17, 15) is 4.39 Å². The van der Waals surface area contributed by atoms with Crippen molar-refractivity contribution in [3.63, 3.8) is 0 Å². The Hall–Kier alpha value is -1.19. The fourth-order valence-corrected chi connectivity index (χ4v) is 3.92. The van der Waals surface area contributed by atoms with Crippen molar-refractivity contribution in [3.8, 4) is 0 Å². The van der Waals surface area contributed by atoms with Crippen LogP contribution in [0.3, 0.4) is 0 Å². The summed E-state index contributed by atoms with van der Waals surface area (Å²) in [6.07, 6.45) is 11.3. The van der Waals surface area contributed by atoms with Gasteiger partial charge in [-0.2, -0.15) is 0 Å². The van der Waals surface area contributed by atoms with Crippen LogP contribution in [0.15, 0.2) is 36.2 Å². The van der Waals surface area contributed by atoms with Crippen LogP contribution in [0.1, 0.15) is 75.7 Å². The quantitative estimate of drug-likeness (QED) is 0.492. The molecule has 1 fully saturated rings. The van der Waals surface area contributed by atoms with Gasteiger partial charge in [0.05, 0.1) is 19.0 Å². The predicted molar refractivity (Wildman–Crippen MR) is 104 cm³/mol. The van der Waals surface area contributed by atoms with E-state index < -0.39 is 0 Å². The first-order valence-corrected chi connectivity index (χ1v) is 10.4. The average Bonchev–Trinajstić information content (AvgIpc) is 2.69. The van der Waals surface area contributed by atoms with Gasteiger partial charge in [0.2, 0.25) is 0 Å². The number of halogens is 1. The molecule has 0 amide bonds. The summed E-state index contributed by atoms with van der Waals surface area (Å²) in [6, 6.07) is 8.65. The monoisotopic (exact) mass is 360 g/mol. The van der Waals surface area contributed by atoms with E-state index in [1.165, 1.54) is 31.2 Å². The molecule has 0 N–H and O–H groups in total. The van der Waals surface area contributed by atoms with Gasteiger partial charge in [0, 0.05) is 11.5 Å². The van der Waals surface area contributed by atoms with Gasteiger partial charge in [-0.3, -0.25) is 0 Å². The normalized spacial score (nSPS) is 26.5. The molecule has 144 valence electrons. The highest BCUT2D eigenvalue weighted by Gasteiger charge is 2.23. The number of hydrogen-bond acceptors (Lipinski definition) is 2. The van der Waals surface area contributed by atoms with E-state index in [1.807, 2.05) is 0 Å². The molecule has 2 nitrogen and oxygen atoms in total. The summed E-state index contributed by atoms with van der Waals surface area (Å²) < 4.78 is 25.0. The second-order valence-electron chi connectivity index (χ2n) is 7.93. The van der Waals surface area contributed by atoms with Gasteiger partial charge in [0.25, 0.3) is 0 Å². The summed E-state index contributed by atoms with van der Waals surface area (Å²) in [4.78, 5) is 0. The molecular weight excluding hydrogens is 327 g/mol. The van der Waals surface area contributed by atoms with Gasteiger partial charge in [-0.25, -0.2) is 4.39 Å². The van der Waals surface area contributed by atoms with E-state index in [4.69, 9.17) is 9.47 Å². The Morgan fingerprint density at radius 1 is 1.00 bits per heavy atom. The Labute approximate surface area is 157 Å². The van der Waals surface area contributed by atoms with Crippen molar-refractivity contribution in [2.75, 3.05) is 13.2 Å². The molecule has 3 rings (SSSR count). The number of hydrogen-bond donors (Lipinski definition) is 0. The summed E-state index contributed by atoms with van der Waals surface area (Å²) in [5.74, 6) is 1.25. The minimum absolute atomic E-state index is 0.0747. The van der Waals surface area contributed by atoms with E-state index in [1.54, 1.807) is 6.08 Å². The number of ether oxygens (including phenoxy) is 2. The predicted octanol–water partition coefficient (Wildman–Crippen LogP) is 6.51. The molecule has 0 bridgehead atoms. The van der Waals surface area contributed by atoms with Crippen molar-refractivity contribution in [3.05, 3.63) is 47.3 Å². The molecule has 3 heteroatoms. The highest BCUT2D eigenvalue weighted by Crippen LogP contribution is 2.29. The Kier molecular flexibility index (Phi) is 7.69. The second kappa shape index (κ2) is 10.2. The molecule has 26 heavy (non-hydrogen) atoms. The topological polar surface area (TPSA) is 18.5 Å². The molecule has 1 saturated heterocycles. The number of rotatable bonds is 8. The van der Waals surface area contributed by atoms with Crippen LogP contribution in [0.5, 0.6) is 0 Å². The Morgan fingerprint density at radius 2 is 1.77 bits per heavy atom. The highest BCUT2D eigenvalue weighted by atomic mass is 19.1. The number of benzene rings is 1. The van der Waals surface area contributed by atoms with Crippen molar-refractivity contribution in [1.82, 2.24) is 0 Å². The van der Waals surface area contributed by atoms with E-state index in [0.717, 1.165) is 44.5 Å². The molecule has 2 aliphatic rings. The van der Waals surface area contributed by atoms with Crippen LogP contribution in [-0.2, 0) is 15.9 Å². The summed E-state index contributed by atoms with van der Waals surface area (Å²) in [6.45, 7) is 3.85. The zero-order valence-corrected chi connectivity index (χ0v) is 16.1. The fraction of sp³-hybridized carbons (Fsp3) is 0.652. The van der Waals surface area contributed by atoms with Gasteiger partial charge in [-0.15, -0.1) is 0 Å². The third-order valence-electron chi connectivity index (χ3n) is 5.74. The van der Waals surface area contributed by atoms with E-state index in [2.05, 4.69) is 31.2 Å². The van der Waals surface area contributed by atoms with Crippen LogP contribution in [0, 0.1) is 11.8 Å². The highest BCUT2D eigenvalue weighted by molar-refractivity contribution is 5.23. The lowest BCUT2D eigenvalue weighted by Gasteiger charge is -2.29. The lowest BCUT2D eigenvalue weighted by atomic mass is 9.88. The molecule has 1 aliphatic heterocycles. The van der Waals surface area contributed by atoms with Crippen LogP contribution in [0.4, 0.5) is 4.39 Å². The molecule has 0 radical (unpaired) electrons. The molecule has 1 unspecified atom stereocenters. The van der Waals surface area contributed by atoms with Gasteiger partial charge in [-0.1, -0.05) is 56.5 Å². The number of unbranched alkanes of at least 4 members (excludes halogenated alkanes) is 2.